The first-order valence-electron chi connectivity index (χ1n) is 13.1. The van der Waals surface area contributed by atoms with Gasteiger partial charge in [-0.05, 0) is 43.2 Å². The van der Waals surface area contributed by atoms with Crippen LogP contribution in [0.4, 0.5) is 11.4 Å². The summed E-state index contributed by atoms with van der Waals surface area (Å²) >= 11 is 0. The van der Waals surface area contributed by atoms with Crippen molar-refractivity contribution in [1.29, 1.82) is 0 Å². The van der Waals surface area contributed by atoms with Gasteiger partial charge in [0.05, 0.1) is 57.1 Å². The van der Waals surface area contributed by atoms with Gasteiger partial charge in [0.15, 0.2) is 5.69 Å². The third-order valence-corrected chi connectivity index (χ3v) is 6.96. The molecule has 208 valence electrons. The fraction of sp³-hybridized carbons (Fsp3) is 0.300. The molecule has 0 radical (unpaired) electrons. The molecule has 1 aliphatic rings. The maximum absolute atomic E-state index is 13.3. The standard InChI is InChI=1S/C30H32N4O6/c1-37-24-12-7-13-25(38-2)23(24)17-31-20-15-22-26(33-29(35)19-9-5-4-6-10-19)27(30(36)39-3)34(28(22)32-16-20)18-21-11-8-14-40-21/h4-7,9-10,12-13,15-16,21,31H,8,11,14,17-18H2,1-3H3,(H,33,35)/t21-/m1/s1. The zero-order valence-electron chi connectivity index (χ0n) is 22.7. The summed E-state index contributed by atoms with van der Waals surface area (Å²) in [5.41, 5.74) is 3.08. The minimum atomic E-state index is -0.576. The highest BCUT2D eigenvalue weighted by Crippen LogP contribution is 2.35. The average molecular weight is 545 g/mol. The number of ether oxygens (including phenoxy) is 4. The van der Waals surface area contributed by atoms with Gasteiger partial charge in [0.25, 0.3) is 5.91 Å². The first kappa shape index (κ1) is 27.0. The fourth-order valence-corrected chi connectivity index (χ4v) is 4.99. The van der Waals surface area contributed by atoms with Gasteiger partial charge >= 0.3 is 5.97 Å². The first-order chi connectivity index (χ1) is 19.5. The molecular weight excluding hydrogens is 512 g/mol. The van der Waals surface area contributed by atoms with E-state index in [1.165, 1.54) is 7.11 Å². The molecule has 1 aliphatic heterocycles. The summed E-state index contributed by atoms with van der Waals surface area (Å²) < 4.78 is 23.9. The number of carbonyl (C=O) groups is 2. The second-order valence-corrected chi connectivity index (χ2v) is 9.37. The lowest BCUT2D eigenvalue weighted by molar-refractivity contribution is 0.0580. The van der Waals surface area contributed by atoms with Crippen LogP contribution in [0.1, 0.15) is 39.3 Å². The number of carbonyl (C=O) groups excluding carboxylic acids is 2. The van der Waals surface area contributed by atoms with E-state index in [-0.39, 0.29) is 17.7 Å². The van der Waals surface area contributed by atoms with Gasteiger partial charge in [0.1, 0.15) is 17.1 Å². The Hall–Kier alpha value is -4.57. The molecule has 3 heterocycles. The lowest BCUT2D eigenvalue weighted by Crippen LogP contribution is -2.21. The van der Waals surface area contributed by atoms with E-state index in [2.05, 4.69) is 10.6 Å². The number of rotatable bonds is 10. The molecule has 1 amide bonds. The van der Waals surface area contributed by atoms with E-state index in [1.54, 1.807) is 49.2 Å². The number of hydrogen-bond acceptors (Lipinski definition) is 8. The van der Waals surface area contributed by atoms with E-state index < -0.39 is 5.97 Å². The van der Waals surface area contributed by atoms with Crippen molar-refractivity contribution in [1.82, 2.24) is 9.55 Å². The molecule has 2 N–H and O–H groups in total. The number of aromatic nitrogens is 2. The van der Waals surface area contributed by atoms with Crippen molar-refractivity contribution in [3.05, 3.63) is 77.6 Å². The van der Waals surface area contributed by atoms with Gasteiger partial charge in [0.2, 0.25) is 0 Å². The summed E-state index contributed by atoms with van der Waals surface area (Å²) in [5.74, 6) is 0.450. The molecule has 2 aromatic carbocycles. The van der Waals surface area contributed by atoms with Crippen molar-refractivity contribution in [3.8, 4) is 11.5 Å². The molecule has 0 bridgehead atoms. The fourth-order valence-electron chi connectivity index (χ4n) is 4.99. The van der Waals surface area contributed by atoms with Crippen molar-refractivity contribution >= 4 is 34.3 Å². The van der Waals surface area contributed by atoms with Crippen LogP contribution in [-0.4, -0.2) is 55.5 Å². The molecule has 4 aromatic rings. The number of benzene rings is 2. The molecular formula is C30H32N4O6. The Morgan fingerprint density at radius 2 is 1.80 bits per heavy atom. The van der Waals surface area contributed by atoms with E-state index >= 15 is 0 Å². The molecule has 1 atom stereocenters. The van der Waals surface area contributed by atoms with E-state index in [0.717, 1.165) is 18.4 Å². The van der Waals surface area contributed by atoms with Gasteiger partial charge in [-0.3, -0.25) is 4.79 Å². The topological polar surface area (TPSA) is 113 Å². The number of pyridine rings is 1. The Bertz CT molecular complexity index is 1490. The smallest absolute Gasteiger partial charge is 0.356 e. The van der Waals surface area contributed by atoms with Crippen LogP contribution >= 0.6 is 0 Å². The number of nitrogens with one attached hydrogen (secondary N) is 2. The third kappa shape index (κ3) is 5.43. The molecule has 5 rings (SSSR count). The maximum Gasteiger partial charge on any atom is 0.356 e. The number of esters is 1. The minimum absolute atomic E-state index is 0.0747. The van der Waals surface area contributed by atoms with E-state index in [0.29, 0.717) is 59.2 Å². The monoisotopic (exact) mass is 544 g/mol. The lowest BCUT2D eigenvalue weighted by Gasteiger charge is -2.15. The van der Waals surface area contributed by atoms with Crippen LogP contribution in [0.25, 0.3) is 11.0 Å². The maximum atomic E-state index is 13.3. The molecule has 0 saturated carbocycles. The predicted octanol–water partition coefficient (Wildman–Crippen LogP) is 4.88. The second kappa shape index (κ2) is 12.1. The zero-order valence-corrected chi connectivity index (χ0v) is 22.7. The SMILES string of the molecule is COC(=O)c1c(NC(=O)c2ccccc2)c2cc(NCc3c(OC)cccc3OC)cnc2n1C[C@H]1CCCO1. The minimum Gasteiger partial charge on any atom is -0.496 e. The lowest BCUT2D eigenvalue weighted by atomic mass is 10.1. The third-order valence-electron chi connectivity index (χ3n) is 6.96. The van der Waals surface area contributed by atoms with Crippen LogP contribution in [0.15, 0.2) is 60.8 Å². The van der Waals surface area contributed by atoms with Crippen LogP contribution in [-0.2, 0) is 22.6 Å². The van der Waals surface area contributed by atoms with Crippen LogP contribution in [0.2, 0.25) is 0 Å². The highest BCUT2D eigenvalue weighted by atomic mass is 16.5. The molecule has 0 aliphatic carbocycles. The van der Waals surface area contributed by atoms with Crippen molar-refractivity contribution in [2.24, 2.45) is 0 Å². The largest absolute Gasteiger partial charge is 0.496 e. The van der Waals surface area contributed by atoms with E-state index in [4.69, 9.17) is 23.9 Å². The quantitative estimate of drug-likeness (QED) is 0.272. The summed E-state index contributed by atoms with van der Waals surface area (Å²) in [6.07, 6.45) is 3.43. The van der Waals surface area contributed by atoms with Crippen LogP contribution in [0, 0.1) is 0 Å². The molecule has 1 saturated heterocycles. The summed E-state index contributed by atoms with van der Waals surface area (Å²) in [5, 5.41) is 6.93. The van der Waals surface area contributed by atoms with Crippen LogP contribution in [0.5, 0.6) is 11.5 Å². The van der Waals surface area contributed by atoms with Crippen molar-refractivity contribution in [2.45, 2.75) is 32.0 Å². The molecule has 0 spiro atoms. The van der Waals surface area contributed by atoms with Gasteiger partial charge < -0.3 is 34.1 Å². The Morgan fingerprint density at radius 1 is 1.05 bits per heavy atom. The Labute approximate surface area is 232 Å². The number of amides is 1. The Morgan fingerprint density at radius 3 is 2.45 bits per heavy atom. The van der Waals surface area contributed by atoms with E-state index in [9.17, 15) is 9.59 Å². The van der Waals surface area contributed by atoms with Crippen molar-refractivity contribution in [2.75, 3.05) is 38.6 Å². The summed E-state index contributed by atoms with van der Waals surface area (Å²) in [4.78, 5) is 31.1. The van der Waals surface area contributed by atoms with Gasteiger partial charge in [-0.1, -0.05) is 24.3 Å². The van der Waals surface area contributed by atoms with Crippen molar-refractivity contribution < 1.29 is 28.5 Å². The molecule has 10 heteroatoms. The Balaban J connectivity index is 1.58. The number of nitrogens with zero attached hydrogens (tertiary/aromatic N) is 2. The van der Waals surface area contributed by atoms with E-state index in [1.807, 2.05) is 30.3 Å². The molecule has 10 nitrogen and oxygen atoms in total. The van der Waals surface area contributed by atoms with Crippen molar-refractivity contribution in [3.63, 3.8) is 0 Å². The zero-order chi connectivity index (χ0) is 28.1. The molecule has 40 heavy (non-hydrogen) atoms. The predicted molar refractivity (Wildman–Crippen MR) is 151 cm³/mol. The number of methoxy groups -OCH3 is 3. The van der Waals surface area contributed by atoms with Crippen LogP contribution < -0.4 is 20.1 Å². The number of anilines is 2. The van der Waals surface area contributed by atoms with Gasteiger partial charge in [-0.15, -0.1) is 0 Å². The highest BCUT2D eigenvalue weighted by molar-refractivity contribution is 6.14. The second-order valence-electron chi connectivity index (χ2n) is 9.37. The van der Waals surface area contributed by atoms with Gasteiger partial charge in [0, 0.05) is 24.1 Å². The summed E-state index contributed by atoms with van der Waals surface area (Å²) in [6, 6.07) is 16.3. The molecule has 0 unspecified atom stereocenters. The first-order valence-corrected chi connectivity index (χ1v) is 13.1. The summed E-state index contributed by atoms with van der Waals surface area (Å²) in [6.45, 7) is 1.47. The average Bonchev–Trinajstić information content (AvgIpc) is 3.62. The van der Waals surface area contributed by atoms with Crippen LogP contribution in [0.3, 0.4) is 0 Å². The summed E-state index contributed by atoms with van der Waals surface area (Å²) in [7, 11) is 4.54. The molecule has 2 aromatic heterocycles. The van der Waals surface area contributed by atoms with Gasteiger partial charge in [-0.2, -0.15) is 0 Å². The normalized spacial score (nSPS) is 14.6. The van der Waals surface area contributed by atoms with Gasteiger partial charge in [-0.25, -0.2) is 9.78 Å². The Kier molecular flexibility index (Phi) is 8.16. The molecule has 1 fully saturated rings. The number of hydrogen-bond donors (Lipinski definition) is 2. The highest BCUT2D eigenvalue weighted by Gasteiger charge is 2.29. The number of fused-ring (bicyclic) bond motifs is 1.